The Bertz CT molecular complexity index is 1540. The summed E-state index contributed by atoms with van der Waals surface area (Å²) in [6, 6.07) is 15.7. The third-order valence-electron chi connectivity index (χ3n) is 8.15. The second kappa shape index (κ2) is 12.0. The fraction of sp³-hybridized carbons (Fsp3) is 0.467. The molecule has 2 aromatic carbocycles. The Morgan fingerprint density at radius 3 is 2.50 bits per heavy atom. The summed E-state index contributed by atoms with van der Waals surface area (Å²) in [4.78, 5) is 12.1. The van der Waals surface area contributed by atoms with Crippen LogP contribution >= 0.6 is 11.8 Å². The molecule has 2 aliphatic rings. The SMILES string of the molecule is CCCSc1nc(N(Cc2ccc(OC)cc2OC)C2CC2c2ccccc2)c2nnn(C3CC(O)C(O)C3O)c2n1. The van der Waals surface area contributed by atoms with Crippen LogP contribution in [-0.2, 0) is 6.54 Å². The number of benzene rings is 2. The predicted octanol–water partition coefficient (Wildman–Crippen LogP) is 3.33. The summed E-state index contributed by atoms with van der Waals surface area (Å²) in [5.74, 6) is 3.21. The number of rotatable bonds is 11. The normalized spacial score (nSPS) is 25.1. The molecular formula is C30H36N6O5S. The maximum absolute atomic E-state index is 10.7. The molecule has 2 aliphatic carbocycles. The average molecular weight is 593 g/mol. The van der Waals surface area contributed by atoms with E-state index in [1.54, 1.807) is 26.0 Å². The van der Waals surface area contributed by atoms with Crippen LogP contribution in [0.4, 0.5) is 5.82 Å². The zero-order valence-electron chi connectivity index (χ0n) is 23.9. The molecule has 12 heteroatoms. The van der Waals surface area contributed by atoms with Crippen molar-refractivity contribution in [2.75, 3.05) is 24.9 Å². The molecule has 0 aliphatic heterocycles. The first-order chi connectivity index (χ1) is 20.4. The molecule has 0 saturated heterocycles. The van der Waals surface area contributed by atoms with Gasteiger partial charge in [0.1, 0.15) is 23.7 Å². The van der Waals surface area contributed by atoms with E-state index >= 15 is 0 Å². The zero-order chi connectivity index (χ0) is 29.4. The first-order valence-corrected chi connectivity index (χ1v) is 15.2. The maximum atomic E-state index is 10.7. The Labute approximate surface area is 248 Å². The highest BCUT2D eigenvalue weighted by Gasteiger charge is 2.46. The van der Waals surface area contributed by atoms with Gasteiger partial charge in [-0.2, -0.15) is 0 Å². The number of anilines is 1. The molecule has 2 aromatic heterocycles. The number of ether oxygens (including phenoxy) is 2. The second-order valence-electron chi connectivity index (χ2n) is 10.9. The lowest BCUT2D eigenvalue weighted by Gasteiger charge is -2.26. The number of aliphatic hydroxyl groups excluding tert-OH is 3. The van der Waals surface area contributed by atoms with Gasteiger partial charge in [-0.3, -0.25) is 0 Å². The molecule has 222 valence electrons. The molecule has 2 fully saturated rings. The van der Waals surface area contributed by atoms with Gasteiger partial charge in [-0.15, -0.1) is 5.10 Å². The zero-order valence-corrected chi connectivity index (χ0v) is 24.7. The Morgan fingerprint density at radius 2 is 1.81 bits per heavy atom. The minimum atomic E-state index is -1.26. The van der Waals surface area contributed by atoms with Crippen molar-refractivity contribution in [3.8, 4) is 11.5 Å². The van der Waals surface area contributed by atoms with Crippen LogP contribution in [0.1, 0.15) is 49.3 Å². The van der Waals surface area contributed by atoms with Crippen LogP contribution in [0.25, 0.3) is 11.2 Å². The molecule has 2 heterocycles. The third kappa shape index (κ3) is 5.39. The molecular weight excluding hydrogens is 556 g/mol. The van der Waals surface area contributed by atoms with Gasteiger partial charge >= 0.3 is 0 Å². The van der Waals surface area contributed by atoms with E-state index in [0.717, 1.165) is 24.2 Å². The van der Waals surface area contributed by atoms with Crippen molar-refractivity contribution >= 4 is 28.7 Å². The van der Waals surface area contributed by atoms with Crippen LogP contribution < -0.4 is 14.4 Å². The van der Waals surface area contributed by atoms with Crippen molar-refractivity contribution in [2.24, 2.45) is 0 Å². The fourth-order valence-corrected chi connectivity index (χ4v) is 6.49. The van der Waals surface area contributed by atoms with Gasteiger partial charge in [0.15, 0.2) is 22.1 Å². The van der Waals surface area contributed by atoms with Crippen LogP contribution in [0, 0.1) is 0 Å². The van der Waals surface area contributed by atoms with Crippen molar-refractivity contribution in [3.05, 3.63) is 59.7 Å². The molecule has 0 spiro atoms. The molecule has 3 N–H and O–H groups in total. The first kappa shape index (κ1) is 28.7. The van der Waals surface area contributed by atoms with E-state index in [9.17, 15) is 15.3 Å². The van der Waals surface area contributed by atoms with Crippen LogP contribution in [0.3, 0.4) is 0 Å². The van der Waals surface area contributed by atoms with E-state index in [4.69, 9.17) is 19.4 Å². The van der Waals surface area contributed by atoms with E-state index in [1.807, 2.05) is 24.3 Å². The van der Waals surface area contributed by atoms with Gasteiger partial charge in [0.25, 0.3) is 0 Å². The summed E-state index contributed by atoms with van der Waals surface area (Å²) in [5.41, 5.74) is 3.20. The lowest BCUT2D eigenvalue weighted by molar-refractivity contribution is -0.0253. The first-order valence-electron chi connectivity index (χ1n) is 14.3. The molecule has 4 aromatic rings. The van der Waals surface area contributed by atoms with E-state index in [0.29, 0.717) is 46.1 Å². The molecule has 6 unspecified atom stereocenters. The quantitative estimate of drug-likeness (QED) is 0.175. The highest BCUT2D eigenvalue weighted by atomic mass is 32.2. The molecule has 2 saturated carbocycles. The average Bonchev–Trinajstić information content (AvgIpc) is 3.64. The molecule has 11 nitrogen and oxygen atoms in total. The molecule has 0 bridgehead atoms. The van der Waals surface area contributed by atoms with Crippen molar-refractivity contribution in [1.29, 1.82) is 0 Å². The number of fused-ring (bicyclic) bond motifs is 1. The fourth-order valence-electron chi connectivity index (χ4n) is 5.80. The molecule has 0 radical (unpaired) electrons. The van der Waals surface area contributed by atoms with Crippen LogP contribution in [0.2, 0.25) is 0 Å². The molecule has 6 atom stereocenters. The molecule has 0 amide bonds. The van der Waals surface area contributed by atoms with Gasteiger partial charge in [-0.1, -0.05) is 54.2 Å². The van der Waals surface area contributed by atoms with Gasteiger partial charge in [-0.05, 0) is 30.5 Å². The third-order valence-corrected chi connectivity index (χ3v) is 9.20. The van der Waals surface area contributed by atoms with Crippen molar-refractivity contribution in [2.45, 2.75) is 74.2 Å². The Hall–Kier alpha value is -3.45. The predicted molar refractivity (Wildman–Crippen MR) is 159 cm³/mol. The maximum Gasteiger partial charge on any atom is 0.191 e. The number of thioether (sulfide) groups is 1. The monoisotopic (exact) mass is 592 g/mol. The van der Waals surface area contributed by atoms with Crippen LogP contribution in [0.5, 0.6) is 11.5 Å². The van der Waals surface area contributed by atoms with E-state index in [-0.39, 0.29) is 12.5 Å². The smallest absolute Gasteiger partial charge is 0.191 e. The minimum Gasteiger partial charge on any atom is -0.497 e. The standard InChI is InChI=1S/C30H36N6O5S/c1-4-12-42-30-31-28(25-29(32-30)36(34-33-25)22-15-23(37)27(39)26(22)38)35(21-14-20(21)17-8-6-5-7-9-17)16-18-10-11-19(40-2)13-24(18)41-3/h5-11,13,20-23,26-27,37-39H,4,12,14-16H2,1-3H3. The number of aliphatic hydroxyl groups is 3. The Morgan fingerprint density at radius 1 is 1.00 bits per heavy atom. The number of hydrogen-bond donors (Lipinski definition) is 3. The summed E-state index contributed by atoms with van der Waals surface area (Å²) in [7, 11) is 3.28. The highest BCUT2D eigenvalue weighted by molar-refractivity contribution is 7.99. The number of nitrogens with zero attached hydrogens (tertiary/aromatic N) is 6. The lowest BCUT2D eigenvalue weighted by atomic mass is 10.1. The summed E-state index contributed by atoms with van der Waals surface area (Å²) in [5, 5.41) is 40.7. The van der Waals surface area contributed by atoms with Gasteiger partial charge in [-0.25, -0.2) is 14.6 Å². The lowest BCUT2D eigenvalue weighted by Crippen LogP contribution is -2.31. The van der Waals surface area contributed by atoms with Crippen molar-refractivity contribution in [1.82, 2.24) is 25.0 Å². The number of methoxy groups -OCH3 is 2. The van der Waals surface area contributed by atoms with Crippen LogP contribution in [0.15, 0.2) is 53.7 Å². The number of hydrogen-bond acceptors (Lipinski definition) is 11. The summed E-state index contributed by atoms with van der Waals surface area (Å²) < 4.78 is 12.7. The number of aromatic nitrogens is 5. The summed E-state index contributed by atoms with van der Waals surface area (Å²) >= 11 is 1.55. The Balaban J connectivity index is 1.47. The van der Waals surface area contributed by atoms with E-state index in [2.05, 4.69) is 46.4 Å². The highest BCUT2D eigenvalue weighted by Crippen LogP contribution is 2.48. The minimum absolute atomic E-state index is 0.142. The summed E-state index contributed by atoms with van der Waals surface area (Å²) in [6.07, 6.45) is -1.48. The largest absolute Gasteiger partial charge is 0.497 e. The Kier molecular flexibility index (Phi) is 8.22. The van der Waals surface area contributed by atoms with Gasteiger partial charge < -0.3 is 29.7 Å². The van der Waals surface area contributed by atoms with E-state index < -0.39 is 24.4 Å². The van der Waals surface area contributed by atoms with E-state index in [1.165, 1.54) is 10.2 Å². The van der Waals surface area contributed by atoms with Gasteiger partial charge in [0.2, 0.25) is 0 Å². The van der Waals surface area contributed by atoms with Gasteiger partial charge in [0, 0.05) is 42.3 Å². The topological polar surface area (TPSA) is 139 Å². The van der Waals surface area contributed by atoms with Crippen molar-refractivity contribution in [3.63, 3.8) is 0 Å². The second-order valence-corrected chi connectivity index (χ2v) is 11.9. The molecule has 6 rings (SSSR count). The van der Waals surface area contributed by atoms with Crippen molar-refractivity contribution < 1.29 is 24.8 Å². The van der Waals surface area contributed by atoms with Crippen LogP contribution in [-0.4, -0.2) is 84.6 Å². The molecule has 42 heavy (non-hydrogen) atoms. The van der Waals surface area contributed by atoms with Gasteiger partial charge in [0.05, 0.1) is 26.4 Å². The summed E-state index contributed by atoms with van der Waals surface area (Å²) in [6.45, 7) is 2.61.